The molecule has 5 nitrogen and oxygen atoms in total. The number of sulfonamides is 1. The van der Waals surface area contributed by atoms with E-state index in [1.54, 1.807) is 0 Å². The molecule has 0 bridgehead atoms. The van der Waals surface area contributed by atoms with E-state index in [2.05, 4.69) is 4.72 Å². The van der Waals surface area contributed by atoms with Crippen molar-refractivity contribution in [3.05, 3.63) is 59.4 Å². The monoisotopic (exact) mass is 309 g/mol. The molecule has 0 aromatic heterocycles. The molecular weight excluding hydrogens is 297 g/mol. The number of rotatable bonds is 4. The molecule has 0 aliphatic rings. The fourth-order valence-corrected chi connectivity index (χ4v) is 2.97. The number of nitrogens with one attached hydrogen (secondary N) is 1. The fraction of sp³-hybridized carbons (Fsp3) is 0.0714. The second kappa shape index (κ2) is 5.53. The van der Waals surface area contributed by atoms with E-state index in [1.807, 2.05) is 0 Å². The van der Waals surface area contributed by atoms with E-state index < -0.39 is 21.8 Å². The number of halogens is 1. The van der Waals surface area contributed by atoms with Crippen LogP contribution in [0.25, 0.3) is 0 Å². The van der Waals surface area contributed by atoms with Gasteiger partial charge in [-0.2, -0.15) is 0 Å². The number of carboxylic acid groups (broad SMARTS) is 1. The van der Waals surface area contributed by atoms with E-state index >= 15 is 0 Å². The van der Waals surface area contributed by atoms with Crippen molar-refractivity contribution in [1.29, 1.82) is 0 Å². The third-order valence-electron chi connectivity index (χ3n) is 2.91. The third-order valence-corrected chi connectivity index (χ3v) is 4.28. The molecule has 0 aliphatic heterocycles. The number of benzene rings is 2. The zero-order valence-corrected chi connectivity index (χ0v) is 11.8. The Morgan fingerprint density at radius 2 is 1.86 bits per heavy atom. The van der Waals surface area contributed by atoms with E-state index in [0.717, 1.165) is 12.1 Å². The maximum Gasteiger partial charge on any atom is 0.336 e. The van der Waals surface area contributed by atoms with Gasteiger partial charge in [0.1, 0.15) is 5.82 Å². The van der Waals surface area contributed by atoms with E-state index in [0.29, 0.717) is 0 Å². The van der Waals surface area contributed by atoms with Crippen LogP contribution >= 0.6 is 0 Å². The molecule has 2 rings (SSSR count). The van der Waals surface area contributed by atoms with Crippen LogP contribution < -0.4 is 4.72 Å². The maximum absolute atomic E-state index is 13.1. The standard InChI is InChI=1S/C14H12FNO4S/c1-9-12(14(17)18)6-3-7-13(9)16-21(19,20)11-5-2-4-10(15)8-11/h2-8,16H,1H3,(H,17,18). The van der Waals surface area contributed by atoms with Crippen LogP contribution in [0.4, 0.5) is 10.1 Å². The molecule has 0 spiro atoms. The van der Waals surface area contributed by atoms with E-state index in [-0.39, 0.29) is 21.7 Å². The molecule has 110 valence electrons. The smallest absolute Gasteiger partial charge is 0.336 e. The molecule has 0 unspecified atom stereocenters. The summed E-state index contributed by atoms with van der Waals surface area (Å²) in [5.41, 5.74) is 0.415. The Kier molecular flexibility index (Phi) is 3.95. The van der Waals surface area contributed by atoms with Gasteiger partial charge in [-0.15, -0.1) is 0 Å². The van der Waals surface area contributed by atoms with Crippen LogP contribution in [0.2, 0.25) is 0 Å². The summed E-state index contributed by atoms with van der Waals surface area (Å²) < 4.78 is 39.7. The van der Waals surface area contributed by atoms with Crippen LogP contribution in [0.1, 0.15) is 15.9 Å². The quantitative estimate of drug-likeness (QED) is 0.909. The van der Waals surface area contributed by atoms with Gasteiger partial charge in [0.05, 0.1) is 16.1 Å². The molecular formula is C14H12FNO4S. The summed E-state index contributed by atoms with van der Waals surface area (Å²) in [5.74, 6) is -1.83. The van der Waals surface area contributed by atoms with Gasteiger partial charge in [0.15, 0.2) is 0 Å². The van der Waals surface area contributed by atoms with Gasteiger partial charge >= 0.3 is 5.97 Å². The molecule has 0 heterocycles. The van der Waals surface area contributed by atoms with Crippen LogP contribution in [0.5, 0.6) is 0 Å². The lowest BCUT2D eigenvalue weighted by Gasteiger charge is -2.12. The minimum atomic E-state index is -3.98. The number of anilines is 1. The molecule has 2 aromatic rings. The molecule has 21 heavy (non-hydrogen) atoms. The summed E-state index contributed by atoms with van der Waals surface area (Å²) in [6.45, 7) is 1.49. The largest absolute Gasteiger partial charge is 0.478 e. The third kappa shape index (κ3) is 3.19. The van der Waals surface area contributed by atoms with Gasteiger partial charge < -0.3 is 5.11 Å². The average molecular weight is 309 g/mol. The van der Waals surface area contributed by atoms with E-state index in [9.17, 15) is 17.6 Å². The first-order valence-electron chi connectivity index (χ1n) is 5.92. The molecule has 0 aliphatic carbocycles. The van der Waals surface area contributed by atoms with Gasteiger partial charge in [0.25, 0.3) is 10.0 Å². The molecule has 2 aromatic carbocycles. The summed E-state index contributed by atoms with van der Waals surface area (Å²) in [4.78, 5) is 10.8. The topological polar surface area (TPSA) is 83.5 Å². The maximum atomic E-state index is 13.1. The van der Waals surface area contributed by atoms with E-state index in [1.165, 1.54) is 37.3 Å². The summed E-state index contributed by atoms with van der Waals surface area (Å²) >= 11 is 0. The highest BCUT2D eigenvalue weighted by Gasteiger charge is 2.18. The highest BCUT2D eigenvalue weighted by molar-refractivity contribution is 7.92. The van der Waals surface area contributed by atoms with Crippen molar-refractivity contribution in [3.63, 3.8) is 0 Å². The lowest BCUT2D eigenvalue weighted by molar-refractivity contribution is 0.0696. The molecule has 2 N–H and O–H groups in total. The van der Waals surface area contributed by atoms with Crippen LogP contribution in [0.3, 0.4) is 0 Å². The number of carbonyl (C=O) groups is 1. The van der Waals surface area contributed by atoms with Crippen LogP contribution in [0, 0.1) is 12.7 Å². The number of hydrogen-bond acceptors (Lipinski definition) is 3. The molecule has 0 saturated carbocycles. The fourth-order valence-electron chi connectivity index (χ4n) is 1.82. The molecule has 0 atom stereocenters. The Balaban J connectivity index is 2.42. The number of aromatic carboxylic acids is 1. The van der Waals surface area contributed by atoms with Gasteiger partial charge in [-0.3, -0.25) is 4.72 Å². The number of carboxylic acids is 1. The molecule has 7 heteroatoms. The Labute approximate surface area is 121 Å². The first-order chi connectivity index (χ1) is 9.81. The summed E-state index contributed by atoms with van der Waals surface area (Å²) in [5, 5.41) is 9.02. The average Bonchev–Trinajstić information content (AvgIpc) is 2.40. The van der Waals surface area contributed by atoms with Crippen molar-refractivity contribution in [3.8, 4) is 0 Å². The highest BCUT2D eigenvalue weighted by atomic mass is 32.2. The predicted octanol–water partition coefficient (Wildman–Crippen LogP) is 2.63. The summed E-state index contributed by atoms with van der Waals surface area (Å²) in [6, 6.07) is 8.80. The molecule has 0 fully saturated rings. The van der Waals surface area contributed by atoms with Crippen molar-refractivity contribution in [2.75, 3.05) is 4.72 Å². The van der Waals surface area contributed by atoms with E-state index in [4.69, 9.17) is 5.11 Å². The van der Waals surface area contributed by atoms with Crippen molar-refractivity contribution in [2.45, 2.75) is 11.8 Å². The first kappa shape index (κ1) is 15.0. The minimum Gasteiger partial charge on any atom is -0.478 e. The van der Waals surface area contributed by atoms with Gasteiger partial charge in [0.2, 0.25) is 0 Å². The Morgan fingerprint density at radius 3 is 2.48 bits per heavy atom. The Hall–Kier alpha value is -2.41. The van der Waals surface area contributed by atoms with Crippen LogP contribution in [-0.2, 0) is 10.0 Å². The SMILES string of the molecule is Cc1c(NS(=O)(=O)c2cccc(F)c2)cccc1C(=O)O. The normalized spacial score (nSPS) is 11.1. The van der Waals surface area contributed by atoms with Gasteiger partial charge in [-0.25, -0.2) is 17.6 Å². The Bertz CT molecular complexity index is 802. The van der Waals surface area contributed by atoms with Crippen molar-refractivity contribution in [1.82, 2.24) is 0 Å². The molecule has 0 amide bonds. The zero-order valence-electron chi connectivity index (χ0n) is 11.0. The predicted molar refractivity (Wildman–Crippen MR) is 75.3 cm³/mol. The second-order valence-corrected chi connectivity index (χ2v) is 6.03. The van der Waals surface area contributed by atoms with Crippen molar-refractivity contribution in [2.24, 2.45) is 0 Å². The number of hydrogen-bond donors (Lipinski definition) is 2. The summed E-state index contributed by atoms with van der Waals surface area (Å²) in [7, 11) is -3.98. The van der Waals surface area contributed by atoms with Gasteiger partial charge in [-0.05, 0) is 42.8 Å². The van der Waals surface area contributed by atoms with Gasteiger partial charge in [-0.1, -0.05) is 12.1 Å². The van der Waals surface area contributed by atoms with Crippen LogP contribution in [0.15, 0.2) is 47.4 Å². The van der Waals surface area contributed by atoms with Crippen molar-refractivity contribution >= 4 is 21.7 Å². The van der Waals surface area contributed by atoms with Crippen LogP contribution in [-0.4, -0.2) is 19.5 Å². The summed E-state index contributed by atoms with van der Waals surface area (Å²) in [6.07, 6.45) is 0. The van der Waals surface area contributed by atoms with Crippen molar-refractivity contribution < 1.29 is 22.7 Å². The lowest BCUT2D eigenvalue weighted by Crippen LogP contribution is -2.15. The lowest BCUT2D eigenvalue weighted by atomic mass is 10.1. The Morgan fingerprint density at radius 1 is 1.19 bits per heavy atom. The molecule has 0 radical (unpaired) electrons. The second-order valence-electron chi connectivity index (χ2n) is 4.35. The first-order valence-corrected chi connectivity index (χ1v) is 7.41. The van der Waals surface area contributed by atoms with Gasteiger partial charge in [0, 0.05) is 0 Å². The zero-order chi connectivity index (χ0) is 15.6. The molecule has 0 saturated heterocycles. The highest BCUT2D eigenvalue weighted by Crippen LogP contribution is 2.22. The minimum absolute atomic E-state index is 0.00515.